The number of nitrogens with zero attached hydrogens (tertiary/aromatic N) is 1. The van der Waals surface area contributed by atoms with Gasteiger partial charge in [0.1, 0.15) is 0 Å². The van der Waals surface area contributed by atoms with E-state index in [1.165, 1.54) is 7.05 Å². The molecule has 0 rings (SSSR count). The second kappa shape index (κ2) is 6.23. The second-order valence-electron chi connectivity index (χ2n) is 1.72. The Labute approximate surface area is 92.8 Å². The van der Waals surface area contributed by atoms with E-state index in [1.54, 1.807) is 0 Å². The van der Waals surface area contributed by atoms with Gasteiger partial charge in [-0.3, -0.25) is 10.1 Å². The first-order valence-electron chi connectivity index (χ1n) is 2.32. The molecule has 0 aliphatic carbocycles. The van der Waals surface area contributed by atoms with E-state index in [2.05, 4.69) is 5.32 Å². The molecule has 0 aromatic carbocycles. The zero-order valence-electron chi connectivity index (χ0n) is 4.93. The van der Waals surface area contributed by atoms with E-state index in [0.29, 0.717) is 0 Å². The van der Waals surface area contributed by atoms with Crippen LogP contribution in [0, 0.1) is 5.92 Å². The van der Waals surface area contributed by atoms with Crippen molar-refractivity contribution in [3.63, 3.8) is 0 Å². The van der Waals surface area contributed by atoms with Crippen molar-refractivity contribution in [2.45, 2.75) is 13.8 Å². The predicted octanol–water partition coefficient (Wildman–Crippen LogP) is -0.245. The summed E-state index contributed by atoms with van der Waals surface area (Å²) >= 11 is 0. The summed E-state index contributed by atoms with van der Waals surface area (Å²) in [6.45, 7) is 3.66. The van der Waals surface area contributed by atoms with Gasteiger partial charge in [0.2, 0.25) is 5.91 Å². The maximum absolute atomic E-state index is 10.3. The fourth-order valence-corrected chi connectivity index (χ4v) is 0.258. The van der Waals surface area contributed by atoms with Crippen LogP contribution >= 0.6 is 0 Å². The molecule has 0 saturated carbocycles. The number of rotatable bonds is 1. The van der Waals surface area contributed by atoms with Crippen LogP contribution in [0.5, 0.6) is 0 Å². The summed E-state index contributed by atoms with van der Waals surface area (Å²) < 4.78 is 0. The van der Waals surface area contributed by atoms with Crippen LogP contribution in [0.4, 0.5) is 0 Å². The minimum atomic E-state index is -0.0278. The van der Waals surface area contributed by atoms with Crippen LogP contribution in [0.25, 0.3) is 0 Å². The van der Waals surface area contributed by atoms with Gasteiger partial charge in [-0.05, 0) is 0 Å². The van der Waals surface area contributed by atoms with E-state index in [0.717, 1.165) is 0 Å². The van der Waals surface area contributed by atoms with Gasteiger partial charge >= 0.3 is 51.4 Å². The topological polar surface area (TPSA) is 31.2 Å². The Morgan fingerprint density at radius 2 is 1.88 bits per heavy atom. The van der Waals surface area contributed by atoms with Gasteiger partial charge in [0.05, 0.1) is 0 Å². The van der Waals surface area contributed by atoms with Gasteiger partial charge in [0, 0.05) is 13.0 Å². The minimum absolute atomic E-state index is 0. The Hall–Kier alpha value is 1.11. The molecule has 0 atom stereocenters. The fraction of sp³-hybridized carbons (Fsp3) is 0.800. The van der Waals surface area contributed by atoms with Crippen molar-refractivity contribution in [3.05, 3.63) is 0 Å². The van der Waals surface area contributed by atoms with Gasteiger partial charge in [-0.15, -0.1) is 0 Å². The van der Waals surface area contributed by atoms with E-state index in [-0.39, 0.29) is 63.2 Å². The average Bonchev–Trinajstić information content (AvgIpc) is 1.65. The summed E-state index contributed by atoms with van der Waals surface area (Å²) in [6, 6.07) is 0. The zero-order valence-corrected chi connectivity index (χ0v) is 4.93. The third-order valence-corrected chi connectivity index (χ3v) is 0.714. The monoisotopic (exact) mass is 140 g/mol. The van der Waals surface area contributed by atoms with E-state index in [1.807, 2.05) is 13.8 Å². The maximum atomic E-state index is 10.3. The molecule has 0 aliphatic heterocycles. The van der Waals surface area contributed by atoms with Gasteiger partial charge in [-0.2, -0.15) is 0 Å². The Bertz CT molecular complexity index is 72.8. The van der Waals surface area contributed by atoms with Crippen LogP contribution in [0.1, 0.15) is 13.8 Å². The summed E-state index contributed by atoms with van der Waals surface area (Å²) in [4.78, 5) is 10.3. The number of carbonyl (C=O) groups is 1. The van der Waals surface area contributed by atoms with Gasteiger partial charge < -0.3 is 0 Å². The summed E-state index contributed by atoms with van der Waals surface area (Å²) in [6.07, 6.45) is 0. The number of carbonyl (C=O) groups excluding carboxylic acids is 1. The fourth-order valence-electron chi connectivity index (χ4n) is 0.258. The summed E-state index contributed by atoms with van der Waals surface area (Å²) in [5.41, 5.74) is 0. The average molecular weight is 140 g/mol. The van der Waals surface area contributed by atoms with Gasteiger partial charge in [-0.1, -0.05) is 13.8 Å². The molecule has 1 radical (unpaired) electrons. The third kappa shape index (κ3) is 5.25. The molecule has 43 valence electrons. The molecule has 3 heteroatoms. The van der Waals surface area contributed by atoms with Crippen LogP contribution < -0.4 is 5.32 Å². The Balaban J connectivity index is 0. The first-order chi connectivity index (χ1) is 3.18. The van der Waals surface area contributed by atoms with Crippen LogP contribution in [-0.2, 0) is 4.79 Å². The van der Waals surface area contributed by atoms with E-state index < -0.39 is 0 Å². The number of hydrogen-bond donors (Lipinski definition) is 0. The predicted molar refractivity (Wildman–Crippen MR) is 35.1 cm³/mol. The summed E-state index contributed by atoms with van der Waals surface area (Å²) in [5, 5.41) is 3.45. The van der Waals surface area contributed by atoms with Crippen molar-refractivity contribution in [3.8, 4) is 0 Å². The summed E-state index contributed by atoms with van der Waals surface area (Å²) in [7, 11) is 1.52. The SMILES string of the molecule is C[N]C(=O)C(C)C.[KH]. The summed E-state index contributed by atoms with van der Waals surface area (Å²) in [5.74, 6) is 0.0324. The standard InChI is InChI=1S/C5H10NO.K.H/c1-4(2)5(7)6-3;;/h4H,1-3H3;;. The van der Waals surface area contributed by atoms with Crippen LogP contribution in [-0.4, -0.2) is 64.3 Å². The molecule has 1 amide bonds. The molecule has 0 aromatic rings. The van der Waals surface area contributed by atoms with Gasteiger partial charge in [-0.25, -0.2) is 0 Å². The van der Waals surface area contributed by atoms with Crippen LogP contribution in [0.3, 0.4) is 0 Å². The Kier molecular flexibility index (Phi) is 9.23. The number of hydrogen-bond acceptors (Lipinski definition) is 1. The van der Waals surface area contributed by atoms with Crippen molar-refractivity contribution in [2.24, 2.45) is 5.92 Å². The van der Waals surface area contributed by atoms with Crippen molar-refractivity contribution in [1.29, 1.82) is 0 Å². The van der Waals surface area contributed by atoms with Crippen LogP contribution in [0.2, 0.25) is 0 Å². The normalized spacial score (nSPS) is 8.00. The molecule has 0 spiro atoms. The molecule has 0 bridgehead atoms. The molecule has 0 heterocycles. The molecule has 0 saturated heterocycles. The molecular weight excluding hydrogens is 129 g/mol. The molecule has 0 aromatic heterocycles. The molecule has 2 nitrogen and oxygen atoms in total. The van der Waals surface area contributed by atoms with Gasteiger partial charge in [0.15, 0.2) is 0 Å². The molecule has 8 heavy (non-hydrogen) atoms. The quantitative estimate of drug-likeness (QED) is 0.462. The van der Waals surface area contributed by atoms with E-state index in [4.69, 9.17) is 0 Å². The van der Waals surface area contributed by atoms with Crippen molar-refractivity contribution < 1.29 is 4.79 Å². The molecular formula is C5H11KNO. The van der Waals surface area contributed by atoms with Crippen LogP contribution in [0.15, 0.2) is 0 Å². The molecule has 0 N–H and O–H groups in total. The Morgan fingerprint density at radius 1 is 1.50 bits per heavy atom. The van der Waals surface area contributed by atoms with Crippen molar-refractivity contribution in [2.75, 3.05) is 7.05 Å². The number of amides is 1. The van der Waals surface area contributed by atoms with Crippen molar-refractivity contribution in [1.82, 2.24) is 5.32 Å². The first kappa shape index (κ1) is 11.8. The molecule has 0 unspecified atom stereocenters. The second-order valence-corrected chi connectivity index (χ2v) is 1.72. The van der Waals surface area contributed by atoms with Gasteiger partial charge in [0.25, 0.3) is 0 Å². The molecule has 0 aliphatic rings. The van der Waals surface area contributed by atoms with Crippen molar-refractivity contribution >= 4 is 57.3 Å². The van der Waals surface area contributed by atoms with E-state index in [9.17, 15) is 4.79 Å². The third-order valence-electron chi connectivity index (χ3n) is 0.714. The molecule has 0 fully saturated rings. The van der Waals surface area contributed by atoms with E-state index >= 15 is 0 Å². The zero-order chi connectivity index (χ0) is 5.86. The first-order valence-corrected chi connectivity index (χ1v) is 2.32. The Morgan fingerprint density at radius 3 is 1.88 bits per heavy atom.